The molecule has 2 rings (SSSR count). The summed E-state index contributed by atoms with van der Waals surface area (Å²) < 4.78 is 2.94. The van der Waals surface area contributed by atoms with Gasteiger partial charge in [0.2, 0.25) is 5.91 Å². The zero-order valence-corrected chi connectivity index (χ0v) is 13.5. The summed E-state index contributed by atoms with van der Waals surface area (Å²) in [5.41, 5.74) is 0.943. The summed E-state index contributed by atoms with van der Waals surface area (Å²) in [6.07, 6.45) is 1.06. The van der Waals surface area contributed by atoms with Gasteiger partial charge in [0.05, 0.1) is 6.04 Å². The van der Waals surface area contributed by atoms with Crippen LogP contribution in [-0.4, -0.2) is 29.8 Å². The molecule has 5 nitrogen and oxygen atoms in total. The van der Waals surface area contributed by atoms with Crippen molar-refractivity contribution in [3.8, 4) is 0 Å². The Hall–Kier alpha value is -1.37. The van der Waals surface area contributed by atoms with Gasteiger partial charge in [-0.2, -0.15) is 0 Å². The van der Waals surface area contributed by atoms with E-state index in [4.69, 9.17) is 11.6 Å². The maximum absolute atomic E-state index is 12.0. The van der Waals surface area contributed by atoms with E-state index < -0.39 is 6.04 Å². The van der Waals surface area contributed by atoms with Gasteiger partial charge < -0.3 is 10.1 Å². The summed E-state index contributed by atoms with van der Waals surface area (Å²) in [7, 11) is 0. The molecule has 2 atom stereocenters. The number of halogens is 1. The van der Waals surface area contributed by atoms with E-state index in [1.807, 2.05) is 12.1 Å². The summed E-state index contributed by atoms with van der Waals surface area (Å²) in [6, 6.07) is 6.72. The lowest BCUT2D eigenvalue weighted by atomic mass is 9.97. The third-order valence-electron chi connectivity index (χ3n) is 3.44. The van der Waals surface area contributed by atoms with Crippen molar-refractivity contribution in [3.05, 3.63) is 34.9 Å². The van der Waals surface area contributed by atoms with Crippen LogP contribution >= 0.6 is 23.5 Å². The highest BCUT2D eigenvalue weighted by Crippen LogP contribution is 2.20. The minimum Gasteiger partial charge on any atom is -0.352 e. The Bertz CT molecular complexity index is 550. The van der Waals surface area contributed by atoms with Crippen LogP contribution in [-0.2, 0) is 20.9 Å². The molecule has 1 unspecified atom stereocenters. The second-order valence-corrected chi connectivity index (χ2v) is 6.37. The first kappa shape index (κ1) is 17.0. The van der Waals surface area contributed by atoms with E-state index >= 15 is 0 Å². The van der Waals surface area contributed by atoms with Crippen LogP contribution in [0.1, 0.15) is 18.4 Å². The van der Waals surface area contributed by atoms with Crippen molar-refractivity contribution in [2.45, 2.75) is 25.4 Å². The van der Waals surface area contributed by atoms with Crippen LogP contribution in [0.4, 0.5) is 0 Å². The van der Waals surface area contributed by atoms with Crippen LogP contribution in [0.25, 0.3) is 0 Å². The molecule has 0 spiro atoms. The van der Waals surface area contributed by atoms with Gasteiger partial charge in [-0.3, -0.25) is 14.3 Å². The number of nitrogens with one attached hydrogen (secondary N) is 2. The Morgan fingerprint density at radius 1 is 1.32 bits per heavy atom. The minimum atomic E-state index is -0.466. The fraction of sp³-hybridized carbons (Fsp3) is 0.400. The number of benzene rings is 1. The molecule has 1 fully saturated rings. The summed E-state index contributed by atoms with van der Waals surface area (Å²) in [5, 5.41) is 3.41. The van der Waals surface area contributed by atoms with E-state index in [1.165, 1.54) is 11.9 Å². The molecule has 7 heteroatoms. The number of carbonyl (C=O) groups is 3. The van der Waals surface area contributed by atoms with E-state index in [-0.39, 0.29) is 30.4 Å². The van der Waals surface area contributed by atoms with Gasteiger partial charge in [-0.25, -0.2) is 0 Å². The number of hydrogen-bond donors (Lipinski definition) is 2. The first-order chi connectivity index (χ1) is 10.6. The predicted molar refractivity (Wildman–Crippen MR) is 86.5 cm³/mol. The Labute approximate surface area is 138 Å². The van der Waals surface area contributed by atoms with Crippen molar-refractivity contribution in [2.24, 2.45) is 5.92 Å². The SMILES string of the molecule is O=C[C@@H]1CSNC1C(=O)CCC(=O)NCc1ccc(Cl)cc1. The van der Waals surface area contributed by atoms with Crippen LogP contribution in [0.15, 0.2) is 24.3 Å². The van der Waals surface area contributed by atoms with Gasteiger partial charge in [-0.1, -0.05) is 35.7 Å². The average Bonchev–Trinajstić information content (AvgIpc) is 3.00. The molecule has 0 bridgehead atoms. The highest BCUT2D eigenvalue weighted by Gasteiger charge is 2.32. The quantitative estimate of drug-likeness (QED) is 0.584. The number of aldehydes is 1. The fourth-order valence-corrected chi connectivity index (χ4v) is 3.30. The molecular weight excluding hydrogens is 324 g/mol. The third-order valence-corrected chi connectivity index (χ3v) is 4.66. The molecule has 0 aromatic heterocycles. The van der Waals surface area contributed by atoms with Gasteiger partial charge >= 0.3 is 0 Å². The molecule has 0 saturated carbocycles. The number of Topliss-reactive ketones (excluding diaryl/α,β-unsaturated/α-hetero) is 1. The molecule has 0 radical (unpaired) electrons. The van der Waals surface area contributed by atoms with E-state index in [1.54, 1.807) is 12.1 Å². The molecule has 1 saturated heterocycles. The van der Waals surface area contributed by atoms with Crippen molar-refractivity contribution in [1.29, 1.82) is 0 Å². The van der Waals surface area contributed by atoms with E-state index in [2.05, 4.69) is 10.0 Å². The molecule has 1 aromatic rings. The molecule has 1 heterocycles. The van der Waals surface area contributed by atoms with Crippen LogP contribution in [0, 0.1) is 5.92 Å². The molecule has 118 valence electrons. The summed E-state index contributed by atoms with van der Waals surface area (Å²) in [5.74, 6) is 0.0258. The Morgan fingerprint density at radius 2 is 2.05 bits per heavy atom. The second-order valence-electron chi connectivity index (χ2n) is 5.08. The van der Waals surface area contributed by atoms with Gasteiger partial charge in [-0.05, 0) is 17.7 Å². The lowest BCUT2D eigenvalue weighted by molar-refractivity contribution is -0.127. The van der Waals surface area contributed by atoms with Crippen molar-refractivity contribution in [2.75, 3.05) is 5.75 Å². The molecule has 22 heavy (non-hydrogen) atoms. The zero-order valence-electron chi connectivity index (χ0n) is 11.9. The summed E-state index contributed by atoms with van der Waals surface area (Å²) in [6.45, 7) is 0.401. The van der Waals surface area contributed by atoms with Gasteiger partial charge in [0, 0.05) is 36.1 Å². The molecule has 1 amide bonds. The zero-order chi connectivity index (χ0) is 15.9. The highest BCUT2D eigenvalue weighted by molar-refractivity contribution is 7.97. The van der Waals surface area contributed by atoms with E-state index in [0.29, 0.717) is 17.3 Å². The molecule has 1 aliphatic heterocycles. The topological polar surface area (TPSA) is 75.3 Å². The van der Waals surface area contributed by atoms with Crippen LogP contribution in [0.3, 0.4) is 0 Å². The average molecular weight is 341 g/mol. The van der Waals surface area contributed by atoms with Gasteiger partial charge in [-0.15, -0.1) is 0 Å². The van der Waals surface area contributed by atoms with E-state index in [0.717, 1.165) is 11.8 Å². The van der Waals surface area contributed by atoms with Crippen molar-refractivity contribution >= 4 is 41.5 Å². The number of ketones is 1. The second kappa shape index (κ2) is 8.31. The maximum Gasteiger partial charge on any atom is 0.220 e. The maximum atomic E-state index is 12.0. The third kappa shape index (κ3) is 4.83. The van der Waals surface area contributed by atoms with Crippen molar-refractivity contribution < 1.29 is 14.4 Å². The molecule has 1 aliphatic rings. The monoisotopic (exact) mass is 340 g/mol. The predicted octanol–water partition coefficient (Wildman–Crippen LogP) is 1.74. The highest BCUT2D eigenvalue weighted by atomic mass is 35.5. The van der Waals surface area contributed by atoms with E-state index in [9.17, 15) is 14.4 Å². The first-order valence-electron chi connectivity index (χ1n) is 6.96. The minimum absolute atomic E-state index is 0.0938. The summed E-state index contributed by atoms with van der Waals surface area (Å²) >= 11 is 7.16. The van der Waals surface area contributed by atoms with Crippen LogP contribution in [0.2, 0.25) is 5.02 Å². The smallest absolute Gasteiger partial charge is 0.220 e. The van der Waals surface area contributed by atoms with Crippen LogP contribution in [0.5, 0.6) is 0 Å². The lowest BCUT2D eigenvalue weighted by Crippen LogP contribution is -2.36. The molecule has 2 N–H and O–H groups in total. The van der Waals surface area contributed by atoms with Crippen molar-refractivity contribution in [1.82, 2.24) is 10.0 Å². The van der Waals surface area contributed by atoms with Gasteiger partial charge in [0.15, 0.2) is 5.78 Å². The molecular formula is C15H17ClN2O3S. The first-order valence-corrected chi connectivity index (χ1v) is 8.33. The van der Waals surface area contributed by atoms with Gasteiger partial charge in [0.1, 0.15) is 6.29 Å². The summed E-state index contributed by atoms with van der Waals surface area (Å²) in [4.78, 5) is 34.6. The Morgan fingerprint density at radius 3 is 2.73 bits per heavy atom. The molecule has 1 aromatic carbocycles. The number of carbonyl (C=O) groups excluding carboxylic acids is 3. The van der Waals surface area contributed by atoms with Gasteiger partial charge in [0.25, 0.3) is 0 Å². The van der Waals surface area contributed by atoms with Crippen molar-refractivity contribution in [3.63, 3.8) is 0 Å². The lowest BCUT2D eigenvalue weighted by Gasteiger charge is -2.12. The number of rotatable bonds is 7. The standard InChI is InChI=1S/C15H17ClN2O3S/c16-12-3-1-10(2-4-12)7-17-14(21)6-5-13(20)15-11(8-19)9-22-18-15/h1-4,8,11,15,18H,5-7,9H2,(H,17,21)/t11-,15?/m1/s1. The fourth-order valence-electron chi connectivity index (χ4n) is 2.12. The Balaban J connectivity index is 1.72. The van der Waals surface area contributed by atoms with Crippen LogP contribution < -0.4 is 10.0 Å². The number of hydrogen-bond acceptors (Lipinski definition) is 5. The Kier molecular flexibility index (Phi) is 6.42. The normalized spacial score (nSPS) is 20.6. The number of amides is 1. The molecule has 0 aliphatic carbocycles. The largest absolute Gasteiger partial charge is 0.352 e.